The first kappa shape index (κ1) is 18.5. The van der Waals surface area contributed by atoms with Gasteiger partial charge in [-0.15, -0.1) is 0 Å². The largest absolute Gasteiger partial charge is 0.338 e. The number of nitrogens with one attached hydrogen (secondary N) is 1. The van der Waals surface area contributed by atoms with Crippen LogP contribution >= 0.6 is 0 Å². The number of halogens is 1. The van der Waals surface area contributed by atoms with Gasteiger partial charge in [0.15, 0.2) is 0 Å². The minimum Gasteiger partial charge on any atom is -0.338 e. The molecule has 0 saturated heterocycles. The number of para-hydroxylation sites is 1. The lowest BCUT2D eigenvalue weighted by molar-refractivity contribution is -0.129. The fourth-order valence-electron chi connectivity index (χ4n) is 2.81. The summed E-state index contributed by atoms with van der Waals surface area (Å²) in [4.78, 5) is 30.1. The molecule has 5 nitrogen and oxygen atoms in total. The Labute approximate surface area is 156 Å². The van der Waals surface area contributed by atoms with Crippen molar-refractivity contribution < 1.29 is 14.0 Å². The van der Waals surface area contributed by atoms with Crippen molar-refractivity contribution in [2.45, 2.75) is 19.9 Å². The summed E-state index contributed by atoms with van der Waals surface area (Å²) in [6.45, 7) is 2.06. The van der Waals surface area contributed by atoms with Crippen LogP contribution in [0.1, 0.15) is 18.9 Å². The number of nitrogens with zero attached hydrogens (tertiary/aromatic N) is 2. The number of benzene rings is 2. The van der Waals surface area contributed by atoms with Crippen LogP contribution in [-0.4, -0.2) is 28.2 Å². The normalized spacial score (nSPS) is 10.6. The predicted octanol–water partition coefficient (Wildman–Crippen LogP) is 3.75. The van der Waals surface area contributed by atoms with Gasteiger partial charge in [-0.2, -0.15) is 0 Å². The van der Waals surface area contributed by atoms with Gasteiger partial charge in [-0.05, 0) is 29.8 Å². The van der Waals surface area contributed by atoms with Gasteiger partial charge in [0.2, 0.25) is 11.8 Å². The second-order valence-corrected chi connectivity index (χ2v) is 6.25. The molecule has 1 heterocycles. The quantitative estimate of drug-likeness (QED) is 0.724. The van der Waals surface area contributed by atoms with Crippen LogP contribution in [0.15, 0.2) is 60.8 Å². The van der Waals surface area contributed by atoms with Gasteiger partial charge in [0.1, 0.15) is 5.82 Å². The Hall–Kier alpha value is -3.28. The first-order valence-electron chi connectivity index (χ1n) is 8.66. The molecule has 2 aromatic carbocycles. The third-order valence-corrected chi connectivity index (χ3v) is 4.25. The molecule has 1 N–H and O–H groups in total. The van der Waals surface area contributed by atoms with E-state index in [4.69, 9.17) is 0 Å². The van der Waals surface area contributed by atoms with Gasteiger partial charge in [-0.1, -0.05) is 30.3 Å². The van der Waals surface area contributed by atoms with Gasteiger partial charge in [0.05, 0.1) is 11.2 Å². The van der Waals surface area contributed by atoms with E-state index >= 15 is 0 Å². The molecule has 0 unspecified atom stereocenters. The molecule has 0 saturated carbocycles. The Morgan fingerprint density at radius 1 is 1.07 bits per heavy atom. The number of hydrogen-bond acceptors (Lipinski definition) is 3. The summed E-state index contributed by atoms with van der Waals surface area (Å²) >= 11 is 0. The second kappa shape index (κ2) is 8.40. The first-order valence-corrected chi connectivity index (χ1v) is 8.66. The summed E-state index contributed by atoms with van der Waals surface area (Å²) in [5.74, 6) is -0.659. The first-order chi connectivity index (χ1) is 13.0. The number of rotatable bonds is 6. The molecule has 1 aromatic heterocycles. The Morgan fingerprint density at radius 2 is 1.81 bits per heavy atom. The van der Waals surface area contributed by atoms with Crippen LogP contribution < -0.4 is 5.32 Å². The number of pyridine rings is 1. The highest BCUT2D eigenvalue weighted by Crippen LogP contribution is 2.20. The van der Waals surface area contributed by atoms with Gasteiger partial charge < -0.3 is 10.2 Å². The average molecular weight is 365 g/mol. The third-order valence-electron chi connectivity index (χ3n) is 4.25. The molecule has 138 valence electrons. The molecule has 0 aliphatic rings. The van der Waals surface area contributed by atoms with Crippen molar-refractivity contribution >= 4 is 28.4 Å². The molecule has 6 heteroatoms. The molecule has 3 aromatic rings. The number of carbonyl (C=O) groups excluding carboxylic acids is 2. The maximum Gasteiger partial charge on any atom is 0.226 e. The van der Waals surface area contributed by atoms with E-state index < -0.39 is 0 Å². The summed E-state index contributed by atoms with van der Waals surface area (Å²) in [6.07, 6.45) is 1.84. The van der Waals surface area contributed by atoms with Gasteiger partial charge in [0, 0.05) is 38.0 Å². The summed E-state index contributed by atoms with van der Waals surface area (Å²) in [5, 5.41) is 3.80. The highest BCUT2D eigenvalue weighted by atomic mass is 19.1. The lowest BCUT2D eigenvalue weighted by atomic mass is 10.2. The van der Waals surface area contributed by atoms with Crippen LogP contribution in [0, 0.1) is 5.82 Å². The zero-order chi connectivity index (χ0) is 19.2. The molecular formula is C21H20FN3O2. The van der Waals surface area contributed by atoms with Crippen LogP contribution in [0.4, 0.5) is 10.1 Å². The zero-order valence-corrected chi connectivity index (χ0v) is 15.0. The van der Waals surface area contributed by atoms with E-state index in [9.17, 15) is 14.0 Å². The smallest absolute Gasteiger partial charge is 0.226 e. The summed E-state index contributed by atoms with van der Waals surface area (Å²) in [7, 11) is 0. The number of amides is 2. The monoisotopic (exact) mass is 365 g/mol. The van der Waals surface area contributed by atoms with Crippen molar-refractivity contribution in [3.8, 4) is 0 Å². The lowest BCUT2D eigenvalue weighted by Gasteiger charge is -2.21. The molecule has 27 heavy (non-hydrogen) atoms. The molecule has 2 amide bonds. The van der Waals surface area contributed by atoms with Crippen molar-refractivity contribution in [1.29, 1.82) is 0 Å². The van der Waals surface area contributed by atoms with Gasteiger partial charge in [-0.3, -0.25) is 14.6 Å². The van der Waals surface area contributed by atoms with Crippen molar-refractivity contribution in [2.24, 2.45) is 0 Å². The molecule has 0 atom stereocenters. The number of fused-ring (bicyclic) bond motifs is 1. The minimum atomic E-state index is -0.323. The van der Waals surface area contributed by atoms with Crippen molar-refractivity contribution in [2.75, 3.05) is 11.9 Å². The van der Waals surface area contributed by atoms with E-state index in [1.807, 2.05) is 24.3 Å². The Bertz CT molecular complexity index is 952. The SMILES string of the molecule is CC(=O)N(CCC(=O)Nc1cccc2cccnc12)Cc1ccc(F)cc1. The number of carbonyl (C=O) groups is 2. The minimum absolute atomic E-state index is 0.140. The van der Waals surface area contributed by atoms with E-state index in [-0.39, 0.29) is 30.6 Å². The molecule has 0 fully saturated rings. The Kier molecular flexibility index (Phi) is 5.76. The van der Waals surface area contributed by atoms with Crippen LogP contribution in [0.25, 0.3) is 10.9 Å². The van der Waals surface area contributed by atoms with Crippen molar-refractivity contribution in [1.82, 2.24) is 9.88 Å². The molecule has 0 spiro atoms. The highest BCUT2D eigenvalue weighted by molar-refractivity contribution is 6.00. The zero-order valence-electron chi connectivity index (χ0n) is 15.0. The average Bonchev–Trinajstić information content (AvgIpc) is 2.66. The topological polar surface area (TPSA) is 62.3 Å². The molecule has 0 radical (unpaired) electrons. The van der Waals surface area contributed by atoms with Crippen LogP contribution in [0.3, 0.4) is 0 Å². The number of aromatic nitrogens is 1. The van der Waals surface area contributed by atoms with E-state index in [0.29, 0.717) is 12.2 Å². The standard InChI is InChI=1S/C21H20FN3O2/c1-15(26)25(14-16-7-9-18(22)10-8-16)13-11-20(27)24-19-6-2-4-17-5-3-12-23-21(17)19/h2-10,12H,11,13-14H2,1H3,(H,24,27). The molecular weight excluding hydrogens is 345 g/mol. The summed E-state index contributed by atoms with van der Waals surface area (Å²) in [6, 6.07) is 15.3. The van der Waals surface area contributed by atoms with E-state index in [0.717, 1.165) is 16.5 Å². The second-order valence-electron chi connectivity index (χ2n) is 6.25. The maximum atomic E-state index is 13.0. The third kappa shape index (κ3) is 4.88. The van der Waals surface area contributed by atoms with Crippen molar-refractivity contribution in [3.05, 3.63) is 72.2 Å². The van der Waals surface area contributed by atoms with E-state index in [1.165, 1.54) is 19.1 Å². The van der Waals surface area contributed by atoms with E-state index in [1.54, 1.807) is 29.3 Å². The van der Waals surface area contributed by atoms with E-state index in [2.05, 4.69) is 10.3 Å². The number of anilines is 1. The Balaban J connectivity index is 1.62. The molecule has 3 rings (SSSR count). The van der Waals surface area contributed by atoms with Gasteiger partial charge >= 0.3 is 0 Å². The Morgan fingerprint density at radius 3 is 2.56 bits per heavy atom. The molecule has 0 bridgehead atoms. The fourth-order valence-corrected chi connectivity index (χ4v) is 2.81. The molecule has 0 aliphatic heterocycles. The van der Waals surface area contributed by atoms with Crippen LogP contribution in [0.2, 0.25) is 0 Å². The maximum absolute atomic E-state index is 13.0. The van der Waals surface area contributed by atoms with Gasteiger partial charge in [-0.25, -0.2) is 4.39 Å². The summed E-state index contributed by atoms with van der Waals surface area (Å²) in [5.41, 5.74) is 2.18. The fraction of sp³-hybridized carbons (Fsp3) is 0.190. The molecule has 0 aliphatic carbocycles. The van der Waals surface area contributed by atoms with Crippen LogP contribution in [-0.2, 0) is 16.1 Å². The lowest BCUT2D eigenvalue weighted by Crippen LogP contribution is -2.31. The van der Waals surface area contributed by atoms with Crippen LogP contribution in [0.5, 0.6) is 0 Å². The predicted molar refractivity (Wildman–Crippen MR) is 102 cm³/mol. The summed E-state index contributed by atoms with van der Waals surface area (Å²) < 4.78 is 13.0. The van der Waals surface area contributed by atoms with Crippen molar-refractivity contribution in [3.63, 3.8) is 0 Å². The number of hydrogen-bond donors (Lipinski definition) is 1. The highest BCUT2D eigenvalue weighted by Gasteiger charge is 2.13. The van der Waals surface area contributed by atoms with Gasteiger partial charge in [0.25, 0.3) is 0 Å².